The van der Waals surface area contributed by atoms with Crippen LogP contribution in [0.25, 0.3) is 22.3 Å². The molecule has 1 N–H and O–H groups in total. The van der Waals surface area contributed by atoms with Crippen LogP contribution in [-0.4, -0.2) is 19.8 Å². The second-order valence-electron chi connectivity index (χ2n) is 9.65. The van der Waals surface area contributed by atoms with Gasteiger partial charge in [-0.2, -0.15) is 0 Å². The van der Waals surface area contributed by atoms with E-state index in [1.165, 1.54) is 0 Å². The van der Waals surface area contributed by atoms with Crippen LogP contribution in [0.5, 0.6) is 5.75 Å². The molecule has 0 heterocycles. The van der Waals surface area contributed by atoms with Crippen molar-refractivity contribution in [1.29, 1.82) is 0 Å². The third-order valence-corrected chi connectivity index (χ3v) is 5.58. The number of alkyl halides is 1. The van der Waals surface area contributed by atoms with Gasteiger partial charge in [-0.3, -0.25) is 4.39 Å². The molecule has 3 rings (SSSR count). The van der Waals surface area contributed by atoms with Crippen molar-refractivity contribution >= 4 is 0 Å². The highest BCUT2D eigenvalue weighted by atomic mass is 19.1. The van der Waals surface area contributed by atoms with Crippen LogP contribution >= 0.6 is 0 Å². The molecular weight excluding hydrogens is 416 g/mol. The summed E-state index contributed by atoms with van der Waals surface area (Å²) in [6.45, 7) is 8.42. The SMILES string of the molecule is CC(C)(C)CCCOc1ccc(-c2ccc(-c3ccc(CNCCCF)cc3)c(F)c2)cc1. The topological polar surface area (TPSA) is 21.3 Å². The maximum absolute atomic E-state index is 14.9. The number of rotatable bonds is 11. The molecule has 0 aliphatic carbocycles. The molecule has 0 spiro atoms. The summed E-state index contributed by atoms with van der Waals surface area (Å²) in [5, 5.41) is 3.20. The summed E-state index contributed by atoms with van der Waals surface area (Å²) < 4.78 is 32.9. The van der Waals surface area contributed by atoms with E-state index in [4.69, 9.17) is 4.74 Å². The predicted molar refractivity (Wildman–Crippen MR) is 134 cm³/mol. The molecule has 0 fully saturated rings. The maximum atomic E-state index is 14.9. The second kappa shape index (κ2) is 11.9. The zero-order valence-electron chi connectivity index (χ0n) is 20.0. The summed E-state index contributed by atoms with van der Waals surface area (Å²) in [6.07, 6.45) is 2.66. The first-order valence-corrected chi connectivity index (χ1v) is 11.7. The lowest BCUT2D eigenvalue weighted by atomic mass is 9.91. The van der Waals surface area contributed by atoms with Crippen molar-refractivity contribution in [2.24, 2.45) is 5.41 Å². The number of ether oxygens (including phenoxy) is 1. The average Bonchev–Trinajstić information content (AvgIpc) is 2.80. The van der Waals surface area contributed by atoms with Crippen LogP contribution in [0, 0.1) is 11.2 Å². The molecule has 4 heteroatoms. The highest BCUT2D eigenvalue weighted by molar-refractivity contribution is 5.71. The van der Waals surface area contributed by atoms with Gasteiger partial charge in [0.15, 0.2) is 0 Å². The van der Waals surface area contributed by atoms with Gasteiger partial charge in [0.1, 0.15) is 11.6 Å². The van der Waals surface area contributed by atoms with Crippen molar-refractivity contribution in [2.75, 3.05) is 19.8 Å². The minimum Gasteiger partial charge on any atom is -0.494 e. The molecule has 3 aromatic rings. The largest absolute Gasteiger partial charge is 0.494 e. The summed E-state index contributed by atoms with van der Waals surface area (Å²) in [5.74, 6) is 0.591. The molecule has 0 atom stereocenters. The van der Waals surface area contributed by atoms with E-state index in [1.54, 1.807) is 6.07 Å². The van der Waals surface area contributed by atoms with E-state index < -0.39 is 0 Å². The van der Waals surface area contributed by atoms with Crippen molar-refractivity contribution in [3.8, 4) is 28.0 Å². The third kappa shape index (κ3) is 7.97. The first-order valence-electron chi connectivity index (χ1n) is 11.7. The predicted octanol–water partition coefficient (Wildman–Crippen LogP) is 7.81. The minimum absolute atomic E-state index is 0.246. The van der Waals surface area contributed by atoms with Crippen LogP contribution in [-0.2, 0) is 6.54 Å². The molecule has 0 unspecified atom stereocenters. The van der Waals surface area contributed by atoms with E-state index in [0.717, 1.165) is 40.8 Å². The van der Waals surface area contributed by atoms with Crippen LogP contribution in [0.4, 0.5) is 8.78 Å². The van der Waals surface area contributed by atoms with Gasteiger partial charge in [-0.25, -0.2) is 4.39 Å². The minimum atomic E-state index is -0.309. The highest BCUT2D eigenvalue weighted by Gasteiger charge is 2.10. The Morgan fingerprint density at radius 3 is 2.12 bits per heavy atom. The lowest BCUT2D eigenvalue weighted by molar-refractivity contribution is 0.269. The summed E-state index contributed by atoms with van der Waals surface area (Å²) >= 11 is 0. The van der Waals surface area contributed by atoms with Gasteiger partial charge in [0.25, 0.3) is 0 Å². The van der Waals surface area contributed by atoms with E-state index in [9.17, 15) is 8.78 Å². The van der Waals surface area contributed by atoms with Crippen LogP contribution in [0.1, 0.15) is 45.6 Å². The molecule has 33 heavy (non-hydrogen) atoms. The van der Waals surface area contributed by atoms with Crippen molar-refractivity contribution in [3.63, 3.8) is 0 Å². The van der Waals surface area contributed by atoms with E-state index in [-0.39, 0.29) is 12.5 Å². The molecule has 176 valence electrons. The summed E-state index contributed by atoms with van der Waals surface area (Å²) in [7, 11) is 0. The molecule has 0 radical (unpaired) electrons. The summed E-state index contributed by atoms with van der Waals surface area (Å²) in [5.41, 5.74) is 4.62. The monoisotopic (exact) mass is 451 g/mol. The van der Waals surface area contributed by atoms with Gasteiger partial charge < -0.3 is 10.1 Å². The fourth-order valence-corrected chi connectivity index (χ4v) is 3.69. The van der Waals surface area contributed by atoms with Crippen LogP contribution in [0.15, 0.2) is 66.7 Å². The van der Waals surface area contributed by atoms with Crippen LogP contribution in [0.3, 0.4) is 0 Å². The average molecular weight is 452 g/mol. The van der Waals surface area contributed by atoms with Crippen molar-refractivity contribution in [1.82, 2.24) is 5.32 Å². The Hall–Kier alpha value is -2.72. The van der Waals surface area contributed by atoms with Crippen LogP contribution in [0.2, 0.25) is 0 Å². The Balaban J connectivity index is 1.60. The maximum Gasteiger partial charge on any atom is 0.131 e. The van der Waals surface area contributed by atoms with Gasteiger partial charge >= 0.3 is 0 Å². The van der Waals surface area contributed by atoms with Crippen molar-refractivity contribution < 1.29 is 13.5 Å². The highest BCUT2D eigenvalue weighted by Crippen LogP contribution is 2.29. The Kier molecular flexibility index (Phi) is 9.02. The van der Waals surface area contributed by atoms with Gasteiger partial charge in [0.05, 0.1) is 13.3 Å². The summed E-state index contributed by atoms with van der Waals surface area (Å²) in [4.78, 5) is 0. The number of hydrogen-bond acceptors (Lipinski definition) is 2. The Bertz CT molecular complexity index is 992. The van der Waals surface area contributed by atoms with E-state index in [1.807, 2.05) is 60.7 Å². The molecule has 3 aromatic carbocycles. The van der Waals surface area contributed by atoms with E-state index >= 15 is 0 Å². The van der Waals surface area contributed by atoms with Gasteiger partial charge in [-0.05, 0) is 71.7 Å². The molecule has 0 aliphatic rings. The first kappa shape index (κ1) is 24.9. The lowest BCUT2D eigenvalue weighted by Gasteiger charge is -2.17. The van der Waals surface area contributed by atoms with E-state index in [2.05, 4.69) is 26.1 Å². The zero-order valence-corrected chi connectivity index (χ0v) is 20.0. The number of benzene rings is 3. The van der Waals surface area contributed by atoms with E-state index in [0.29, 0.717) is 37.1 Å². The first-order chi connectivity index (χ1) is 15.9. The standard InChI is InChI=1S/C29H35F2NO/c1-29(2,3)16-4-19-33-26-13-10-23(11-14-26)25-12-15-27(28(31)20-25)24-8-6-22(7-9-24)21-32-18-5-17-30/h6-15,20,32H,4-5,16-19,21H2,1-3H3. The van der Waals surface area contributed by atoms with Crippen LogP contribution < -0.4 is 10.1 Å². The van der Waals surface area contributed by atoms with Gasteiger partial charge in [-0.1, -0.05) is 69.3 Å². The van der Waals surface area contributed by atoms with Crippen molar-refractivity contribution in [3.05, 3.63) is 78.1 Å². The Morgan fingerprint density at radius 2 is 1.48 bits per heavy atom. The number of hydrogen-bond donors (Lipinski definition) is 1. The zero-order chi connectivity index (χ0) is 23.7. The fraction of sp³-hybridized carbons (Fsp3) is 0.379. The Morgan fingerprint density at radius 1 is 0.818 bits per heavy atom. The molecule has 0 saturated heterocycles. The number of nitrogens with one attached hydrogen (secondary N) is 1. The quantitative estimate of drug-likeness (QED) is 0.300. The van der Waals surface area contributed by atoms with Gasteiger partial charge in [-0.15, -0.1) is 0 Å². The van der Waals surface area contributed by atoms with Gasteiger partial charge in [0.2, 0.25) is 0 Å². The molecular formula is C29H35F2NO. The fourth-order valence-electron chi connectivity index (χ4n) is 3.69. The summed E-state index contributed by atoms with van der Waals surface area (Å²) in [6, 6.07) is 21.0. The van der Waals surface area contributed by atoms with Crippen molar-refractivity contribution in [2.45, 2.75) is 46.6 Å². The molecule has 0 aromatic heterocycles. The normalized spacial score (nSPS) is 11.5. The molecule has 0 amide bonds. The molecule has 2 nitrogen and oxygen atoms in total. The third-order valence-electron chi connectivity index (χ3n) is 5.58. The molecule has 0 aliphatic heterocycles. The molecule has 0 bridgehead atoms. The smallest absolute Gasteiger partial charge is 0.131 e. The Labute approximate surface area is 197 Å². The lowest BCUT2D eigenvalue weighted by Crippen LogP contribution is -2.14. The molecule has 0 saturated carbocycles. The number of halogens is 2. The second-order valence-corrected chi connectivity index (χ2v) is 9.65. The van der Waals surface area contributed by atoms with Gasteiger partial charge in [0, 0.05) is 12.1 Å².